The molecule has 0 bridgehead atoms. The summed E-state index contributed by atoms with van der Waals surface area (Å²) in [5, 5.41) is 9.67. The molecule has 2 aromatic rings. The van der Waals surface area contributed by atoms with E-state index < -0.39 is 11.5 Å². The molecule has 1 aliphatic rings. The largest absolute Gasteiger partial charge is 0.479 e. The van der Waals surface area contributed by atoms with Crippen molar-refractivity contribution < 1.29 is 9.90 Å². The van der Waals surface area contributed by atoms with Crippen LogP contribution in [-0.2, 0) is 10.3 Å². The zero-order valence-corrected chi connectivity index (χ0v) is 10.6. The first-order valence-electron chi connectivity index (χ1n) is 6.56. The van der Waals surface area contributed by atoms with Crippen molar-refractivity contribution in [1.82, 2.24) is 9.55 Å². The van der Waals surface area contributed by atoms with Crippen molar-refractivity contribution in [2.45, 2.75) is 31.2 Å². The highest BCUT2D eigenvalue weighted by Crippen LogP contribution is 2.40. The molecule has 1 saturated carbocycles. The summed E-state index contributed by atoms with van der Waals surface area (Å²) in [6, 6.07) is 7.70. The summed E-state index contributed by atoms with van der Waals surface area (Å²) in [5.41, 5.74) is 1.10. The Morgan fingerprint density at radius 1 is 1.26 bits per heavy atom. The second-order valence-corrected chi connectivity index (χ2v) is 5.05. The van der Waals surface area contributed by atoms with Crippen molar-refractivity contribution in [2.24, 2.45) is 0 Å². The highest BCUT2D eigenvalue weighted by Gasteiger charge is 2.43. The van der Waals surface area contributed by atoms with Gasteiger partial charge in [-0.3, -0.25) is 4.98 Å². The van der Waals surface area contributed by atoms with Gasteiger partial charge in [0.25, 0.3) is 0 Å². The zero-order valence-electron chi connectivity index (χ0n) is 10.6. The Morgan fingerprint density at radius 2 is 2.05 bits per heavy atom. The number of nitrogens with zero attached hydrogens (tertiary/aromatic N) is 2. The average molecular weight is 256 g/mol. The minimum Gasteiger partial charge on any atom is -0.479 e. The monoisotopic (exact) mass is 256 g/mol. The van der Waals surface area contributed by atoms with Gasteiger partial charge in [0, 0.05) is 24.2 Å². The molecule has 0 aliphatic heterocycles. The Morgan fingerprint density at radius 3 is 2.68 bits per heavy atom. The first kappa shape index (κ1) is 12.0. The topological polar surface area (TPSA) is 55.1 Å². The van der Waals surface area contributed by atoms with E-state index in [0.717, 1.165) is 24.1 Å². The summed E-state index contributed by atoms with van der Waals surface area (Å²) in [5.74, 6) is -0.730. The molecule has 0 radical (unpaired) electrons. The summed E-state index contributed by atoms with van der Waals surface area (Å²) in [6.45, 7) is 0. The van der Waals surface area contributed by atoms with Crippen LogP contribution in [0.3, 0.4) is 0 Å². The molecule has 0 saturated heterocycles. The third kappa shape index (κ3) is 1.84. The van der Waals surface area contributed by atoms with Gasteiger partial charge in [-0.25, -0.2) is 4.79 Å². The van der Waals surface area contributed by atoms with E-state index in [-0.39, 0.29) is 0 Å². The van der Waals surface area contributed by atoms with Crippen LogP contribution in [0.25, 0.3) is 11.3 Å². The van der Waals surface area contributed by atoms with E-state index in [0.29, 0.717) is 12.8 Å². The highest BCUT2D eigenvalue weighted by atomic mass is 16.4. The number of pyridine rings is 1. The normalized spacial score (nSPS) is 17.5. The van der Waals surface area contributed by atoms with Crippen LogP contribution < -0.4 is 0 Å². The predicted molar refractivity (Wildman–Crippen MR) is 71.7 cm³/mol. The van der Waals surface area contributed by atoms with Crippen LogP contribution in [0.4, 0.5) is 0 Å². The minimum atomic E-state index is -0.783. The number of carboxylic acids is 1. The van der Waals surface area contributed by atoms with E-state index in [2.05, 4.69) is 4.98 Å². The Kier molecular flexibility index (Phi) is 2.85. The number of aliphatic carboxylic acids is 1. The molecule has 4 heteroatoms. The minimum absolute atomic E-state index is 0.699. The number of carbonyl (C=O) groups is 1. The SMILES string of the molecule is O=C(O)C1(n2cccc2-c2cccnc2)CCCC1. The predicted octanol–water partition coefficient (Wildman–Crippen LogP) is 2.90. The number of aromatic nitrogens is 2. The summed E-state index contributed by atoms with van der Waals surface area (Å²) in [7, 11) is 0. The van der Waals surface area contributed by atoms with Crippen molar-refractivity contribution in [3.05, 3.63) is 42.9 Å². The van der Waals surface area contributed by atoms with Gasteiger partial charge in [-0.05, 0) is 37.1 Å². The fourth-order valence-electron chi connectivity index (χ4n) is 3.02. The first-order chi connectivity index (χ1) is 9.24. The van der Waals surface area contributed by atoms with Crippen LogP contribution in [-0.4, -0.2) is 20.6 Å². The van der Waals surface area contributed by atoms with Gasteiger partial charge in [0.05, 0.1) is 5.69 Å². The molecule has 2 aromatic heterocycles. The molecule has 0 spiro atoms. The summed E-state index contributed by atoms with van der Waals surface area (Å²) >= 11 is 0. The maximum absolute atomic E-state index is 11.8. The molecule has 0 aromatic carbocycles. The average Bonchev–Trinajstić information content (AvgIpc) is 3.09. The van der Waals surface area contributed by atoms with Crippen LogP contribution in [0, 0.1) is 0 Å². The Hall–Kier alpha value is -2.10. The number of rotatable bonds is 3. The smallest absolute Gasteiger partial charge is 0.329 e. The second kappa shape index (κ2) is 4.53. The van der Waals surface area contributed by atoms with Gasteiger partial charge in [0.2, 0.25) is 0 Å². The molecular formula is C15H16N2O2. The zero-order chi connectivity index (χ0) is 13.3. The molecule has 4 nitrogen and oxygen atoms in total. The van der Waals surface area contributed by atoms with Gasteiger partial charge < -0.3 is 9.67 Å². The fraction of sp³-hybridized carbons (Fsp3) is 0.333. The van der Waals surface area contributed by atoms with Crippen LogP contribution in [0.15, 0.2) is 42.9 Å². The highest BCUT2D eigenvalue weighted by molar-refractivity contribution is 5.78. The van der Waals surface area contributed by atoms with Crippen molar-refractivity contribution in [1.29, 1.82) is 0 Å². The van der Waals surface area contributed by atoms with Crippen molar-refractivity contribution in [3.8, 4) is 11.3 Å². The maximum Gasteiger partial charge on any atom is 0.329 e. The van der Waals surface area contributed by atoms with E-state index >= 15 is 0 Å². The van der Waals surface area contributed by atoms with E-state index in [9.17, 15) is 9.90 Å². The number of carboxylic acid groups (broad SMARTS) is 1. The molecule has 0 amide bonds. The van der Waals surface area contributed by atoms with Gasteiger partial charge in [-0.15, -0.1) is 0 Å². The molecule has 3 rings (SSSR count). The van der Waals surface area contributed by atoms with E-state index in [1.165, 1.54) is 0 Å². The summed E-state index contributed by atoms with van der Waals surface area (Å²) in [6.07, 6.45) is 8.71. The Bertz CT molecular complexity index is 583. The summed E-state index contributed by atoms with van der Waals surface area (Å²) in [4.78, 5) is 15.9. The molecule has 2 heterocycles. The third-order valence-electron chi connectivity index (χ3n) is 4.00. The second-order valence-electron chi connectivity index (χ2n) is 5.05. The van der Waals surface area contributed by atoms with E-state index in [1.807, 2.05) is 35.0 Å². The fourth-order valence-corrected chi connectivity index (χ4v) is 3.02. The molecule has 19 heavy (non-hydrogen) atoms. The van der Waals surface area contributed by atoms with Crippen LogP contribution >= 0.6 is 0 Å². The number of hydrogen-bond acceptors (Lipinski definition) is 2. The first-order valence-corrected chi connectivity index (χ1v) is 6.56. The molecular weight excluding hydrogens is 240 g/mol. The van der Waals surface area contributed by atoms with Gasteiger partial charge in [-0.2, -0.15) is 0 Å². The quantitative estimate of drug-likeness (QED) is 0.918. The Balaban J connectivity index is 2.12. The van der Waals surface area contributed by atoms with Crippen LogP contribution in [0.5, 0.6) is 0 Å². The van der Waals surface area contributed by atoms with Crippen molar-refractivity contribution in [2.75, 3.05) is 0 Å². The molecule has 98 valence electrons. The molecule has 0 unspecified atom stereocenters. The standard InChI is InChI=1S/C15H16N2O2/c18-14(19)15(7-1-2-8-15)17-10-4-6-13(17)12-5-3-9-16-11-12/h3-6,9-11H,1-2,7-8H2,(H,18,19). The lowest BCUT2D eigenvalue weighted by atomic mass is 9.96. The summed E-state index contributed by atoms with van der Waals surface area (Å²) < 4.78 is 1.92. The maximum atomic E-state index is 11.8. The van der Waals surface area contributed by atoms with Gasteiger partial charge in [-0.1, -0.05) is 12.8 Å². The molecule has 1 N–H and O–H groups in total. The van der Waals surface area contributed by atoms with Crippen molar-refractivity contribution in [3.63, 3.8) is 0 Å². The Labute approximate surface area is 111 Å². The lowest BCUT2D eigenvalue weighted by Crippen LogP contribution is -2.39. The van der Waals surface area contributed by atoms with Crippen molar-refractivity contribution >= 4 is 5.97 Å². The van der Waals surface area contributed by atoms with E-state index in [4.69, 9.17) is 0 Å². The lowest BCUT2D eigenvalue weighted by molar-refractivity contribution is -0.147. The molecule has 1 fully saturated rings. The molecule has 1 aliphatic carbocycles. The third-order valence-corrected chi connectivity index (χ3v) is 4.00. The van der Waals surface area contributed by atoms with Gasteiger partial charge in [0.1, 0.15) is 5.54 Å². The van der Waals surface area contributed by atoms with Crippen LogP contribution in [0.1, 0.15) is 25.7 Å². The van der Waals surface area contributed by atoms with Gasteiger partial charge in [0.15, 0.2) is 0 Å². The molecule has 0 atom stereocenters. The lowest BCUT2D eigenvalue weighted by Gasteiger charge is -2.28. The van der Waals surface area contributed by atoms with Gasteiger partial charge >= 0.3 is 5.97 Å². The van der Waals surface area contributed by atoms with E-state index in [1.54, 1.807) is 12.4 Å². The number of hydrogen-bond donors (Lipinski definition) is 1. The van der Waals surface area contributed by atoms with Crippen LogP contribution in [0.2, 0.25) is 0 Å².